The summed E-state index contributed by atoms with van der Waals surface area (Å²) in [4.78, 5) is 34.2. The number of likely N-dealkylation sites (tertiary alicyclic amines) is 1. The van der Waals surface area contributed by atoms with Gasteiger partial charge in [0.25, 0.3) is 5.91 Å². The molecule has 0 radical (unpaired) electrons. The summed E-state index contributed by atoms with van der Waals surface area (Å²) in [6.07, 6.45) is 5.74. The van der Waals surface area contributed by atoms with Crippen molar-refractivity contribution in [3.8, 4) is 0 Å². The molecule has 3 aromatic rings. The minimum atomic E-state index is -3.41. The molecule has 1 aliphatic heterocycles. The van der Waals surface area contributed by atoms with E-state index in [1.807, 2.05) is 6.07 Å². The van der Waals surface area contributed by atoms with Gasteiger partial charge in [-0.15, -0.1) is 0 Å². The molecule has 37 heavy (non-hydrogen) atoms. The van der Waals surface area contributed by atoms with Crippen LogP contribution in [0.5, 0.6) is 0 Å². The highest BCUT2D eigenvalue weighted by Gasteiger charge is 2.27. The molecule has 0 saturated carbocycles. The van der Waals surface area contributed by atoms with Gasteiger partial charge in [0.2, 0.25) is 10.0 Å². The van der Waals surface area contributed by atoms with Gasteiger partial charge in [-0.2, -0.15) is 0 Å². The van der Waals surface area contributed by atoms with Crippen molar-refractivity contribution in [2.45, 2.75) is 12.8 Å². The zero-order chi connectivity index (χ0) is 26.4. The van der Waals surface area contributed by atoms with Gasteiger partial charge < -0.3 is 9.80 Å². The van der Waals surface area contributed by atoms with Crippen LogP contribution in [-0.2, 0) is 10.0 Å². The van der Waals surface area contributed by atoms with E-state index in [0.717, 1.165) is 19.3 Å². The van der Waals surface area contributed by atoms with Crippen LogP contribution in [0.15, 0.2) is 73.1 Å². The third-order valence-electron chi connectivity index (χ3n) is 6.36. The predicted molar refractivity (Wildman–Crippen MR) is 141 cm³/mol. The molecule has 2 heterocycles. The summed E-state index contributed by atoms with van der Waals surface area (Å²) in [5, 5.41) is 0. The van der Waals surface area contributed by atoms with E-state index < -0.39 is 10.0 Å². The van der Waals surface area contributed by atoms with Crippen molar-refractivity contribution in [3.05, 3.63) is 90.0 Å². The molecule has 4 rings (SSSR count). The molecule has 194 valence electrons. The Labute approximate surface area is 216 Å². The number of hydrogen-bond acceptors (Lipinski definition) is 6. The molecule has 0 aliphatic carbocycles. The molecule has 1 aliphatic rings. The van der Waals surface area contributed by atoms with Crippen LogP contribution >= 0.6 is 0 Å². The van der Waals surface area contributed by atoms with Gasteiger partial charge >= 0.3 is 0 Å². The highest BCUT2D eigenvalue weighted by molar-refractivity contribution is 7.92. The summed E-state index contributed by atoms with van der Waals surface area (Å²) in [5.41, 5.74) is 2.00. The number of nitrogens with one attached hydrogen (secondary N) is 1. The largest absolute Gasteiger partial charge is 0.306 e. The fourth-order valence-corrected chi connectivity index (χ4v) is 4.99. The van der Waals surface area contributed by atoms with Crippen molar-refractivity contribution >= 4 is 33.1 Å². The lowest BCUT2D eigenvalue weighted by atomic mass is 9.89. The van der Waals surface area contributed by atoms with Gasteiger partial charge in [0.05, 0.1) is 18.1 Å². The first-order valence-electron chi connectivity index (χ1n) is 12.0. The number of pyridine rings is 1. The van der Waals surface area contributed by atoms with E-state index in [9.17, 15) is 22.4 Å². The molecule has 0 atom stereocenters. The number of halogens is 1. The van der Waals surface area contributed by atoms with E-state index in [1.165, 1.54) is 24.3 Å². The molecule has 10 heteroatoms. The number of sulfonamides is 1. The zero-order valence-electron chi connectivity index (χ0n) is 20.5. The van der Waals surface area contributed by atoms with Crippen LogP contribution in [0, 0.1) is 11.7 Å². The summed E-state index contributed by atoms with van der Waals surface area (Å²) in [6, 6.07) is 15.6. The molecular weight excluding hydrogens is 495 g/mol. The quantitative estimate of drug-likeness (QED) is 0.427. The molecule has 1 saturated heterocycles. The van der Waals surface area contributed by atoms with Crippen LogP contribution in [-0.4, -0.2) is 62.4 Å². The molecule has 0 spiro atoms. The fraction of sp³-hybridized carbons (Fsp3) is 0.296. The number of amides is 1. The number of aromatic nitrogens is 1. The van der Waals surface area contributed by atoms with Crippen LogP contribution in [0.4, 0.5) is 15.8 Å². The summed E-state index contributed by atoms with van der Waals surface area (Å²) in [7, 11) is -3.41. The maximum absolute atomic E-state index is 13.4. The first-order valence-corrected chi connectivity index (χ1v) is 13.9. The topological polar surface area (TPSA) is 99.7 Å². The number of carbonyl (C=O) groups excluding carboxylic acids is 2. The second-order valence-corrected chi connectivity index (χ2v) is 10.9. The number of anilines is 2. The number of Topliss-reactive ketones (excluding diaryl/α,β-unsaturated/α-hetero) is 1. The van der Waals surface area contributed by atoms with E-state index in [-0.39, 0.29) is 23.4 Å². The number of nitrogens with zero attached hydrogens (tertiary/aromatic N) is 3. The maximum Gasteiger partial charge on any atom is 0.258 e. The first kappa shape index (κ1) is 26.4. The Morgan fingerprint density at radius 1 is 1.03 bits per heavy atom. The molecule has 0 bridgehead atoms. The van der Waals surface area contributed by atoms with Crippen molar-refractivity contribution in [2.75, 3.05) is 42.1 Å². The minimum Gasteiger partial charge on any atom is -0.306 e. The standard InChI is InChI=1S/C27H29FN4O4S/c1-37(35,36)30-24-10-6-22(7-11-24)27(34)32(25-3-2-14-29-19-25)18-17-31-15-12-21(13-16-31)26(33)20-4-8-23(28)9-5-20/h2-11,14,19,21,30H,12-13,15-18H2,1H3. The molecule has 1 amide bonds. The number of piperidine rings is 1. The Kier molecular flexibility index (Phi) is 8.30. The van der Waals surface area contributed by atoms with Crippen molar-refractivity contribution in [2.24, 2.45) is 5.92 Å². The fourth-order valence-electron chi connectivity index (χ4n) is 4.42. The summed E-state index contributed by atoms with van der Waals surface area (Å²) < 4.78 is 38.5. The van der Waals surface area contributed by atoms with E-state index in [4.69, 9.17) is 0 Å². The van der Waals surface area contributed by atoms with Crippen molar-refractivity contribution < 1.29 is 22.4 Å². The second-order valence-electron chi connectivity index (χ2n) is 9.11. The highest BCUT2D eigenvalue weighted by Crippen LogP contribution is 2.23. The molecule has 0 unspecified atom stereocenters. The van der Waals surface area contributed by atoms with Gasteiger partial charge in [-0.1, -0.05) is 0 Å². The van der Waals surface area contributed by atoms with Crippen LogP contribution in [0.3, 0.4) is 0 Å². The van der Waals surface area contributed by atoms with E-state index in [0.29, 0.717) is 48.4 Å². The summed E-state index contributed by atoms with van der Waals surface area (Å²) in [6.45, 7) is 2.48. The Morgan fingerprint density at radius 3 is 2.27 bits per heavy atom. The lowest BCUT2D eigenvalue weighted by Crippen LogP contribution is -2.43. The van der Waals surface area contributed by atoms with E-state index in [2.05, 4.69) is 14.6 Å². The average molecular weight is 525 g/mol. The number of hydrogen-bond donors (Lipinski definition) is 1. The lowest BCUT2D eigenvalue weighted by molar-refractivity contribution is 0.0841. The number of rotatable bonds is 9. The normalized spacial score (nSPS) is 14.8. The Morgan fingerprint density at radius 2 is 1.68 bits per heavy atom. The molecule has 1 fully saturated rings. The van der Waals surface area contributed by atoms with Crippen LogP contribution in [0.25, 0.3) is 0 Å². The smallest absolute Gasteiger partial charge is 0.258 e. The monoisotopic (exact) mass is 524 g/mol. The van der Waals surface area contributed by atoms with Gasteiger partial charge in [0.1, 0.15) is 5.82 Å². The van der Waals surface area contributed by atoms with Gasteiger partial charge in [0.15, 0.2) is 5.78 Å². The first-order chi connectivity index (χ1) is 17.7. The summed E-state index contributed by atoms with van der Waals surface area (Å²) in [5.74, 6) is -0.640. The van der Waals surface area contributed by atoms with Gasteiger partial charge in [-0.3, -0.25) is 19.3 Å². The number of ketones is 1. The van der Waals surface area contributed by atoms with Gasteiger partial charge in [-0.25, -0.2) is 12.8 Å². The molecule has 8 nitrogen and oxygen atoms in total. The number of carbonyl (C=O) groups is 2. The van der Waals surface area contributed by atoms with Crippen molar-refractivity contribution in [1.29, 1.82) is 0 Å². The Hall–Kier alpha value is -3.63. The van der Waals surface area contributed by atoms with Crippen LogP contribution in [0.2, 0.25) is 0 Å². The molecule has 1 aromatic heterocycles. The third kappa shape index (κ3) is 7.21. The van der Waals surface area contributed by atoms with E-state index in [1.54, 1.807) is 47.6 Å². The van der Waals surface area contributed by atoms with E-state index >= 15 is 0 Å². The zero-order valence-corrected chi connectivity index (χ0v) is 21.3. The van der Waals surface area contributed by atoms with Crippen LogP contribution in [0.1, 0.15) is 33.6 Å². The van der Waals surface area contributed by atoms with Gasteiger partial charge in [0, 0.05) is 42.0 Å². The van der Waals surface area contributed by atoms with Gasteiger partial charge in [-0.05, 0) is 86.6 Å². The highest BCUT2D eigenvalue weighted by atomic mass is 32.2. The number of benzene rings is 2. The van der Waals surface area contributed by atoms with Crippen molar-refractivity contribution in [1.82, 2.24) is 9.88 Å². The lowest BCUT2D eigenvalue weighted by Gasteiger charge is -2.33. The Bertz CT molecular complexity index is 1330. The molecule has 1 N–H and O–H groups in total. The Balaban J connectivity index is 1.39. The minimum absolute atomic E-state index is 0.0422. The molecular formula is C27H29FN4O4S. The SMILES string of the molecule is CS(=O)(=O)Nc1ccc(C(=O)N(CCN2CCC(C(=O)c3ccc(F)cc3)CC2)c2cccnc2)cc1. The predicted octanol–water partition coefficient (Wildman–Crippen LogP) is 3.83. The summed E-state index contributed by atoms with van der Waals surface area (Å²) >= 11 is 0. The average Bonchev–Trinajstić information content (AvgIpc) is 2.89. The second kappa shape index (κ2) is 11.6. The molecule has 2 aromatic carbocycles. The third-order valence-corrected chi connectivity index (χ3v) is 6.97. The van der Waals surface area contributed by atoms with Crippen molar-refractivity contribution in [3.63, 3.8) is 0 Å². The van der Waals surface area contributed by atoms with Crippen LogP contribution < -0.4 is 9.62 Å². The maximum atomic E-state index is 13.4.